The maximum atomic E-state index is 12.7. The SMILES string of the molecule is Cc1ccc(CCC(=O)NCCOC(=O)Cn2cccc(C(F)(F)F)c2=O)cc1. The average Bonchev–Trinajstić information content (AvgIpc) is 2.65. The van der Waals surface area contributed by atoms with Crippen LogP contribution in [0, 0.1) is 6.92 Å². The molecular formula is C20H21F3N2O4. The number of alkyl halides is 3. The van der Waals surface area contributed by atoms with Crippen LogP contribution in [0.1, 0.15) is 23.1 Å². The number of ether oxygens (including phenoxy) is 1. The average molecular weight is 410 g/mol. The van der Waals surface area contributed by atoms with E-state index in [0.29, 0.717) is 17.1 Å². The largest absolute Gasteiger partial charge is 0.462 e. The van der Waals surface area contributed by atoms with Gasteiger partial charge in [-0.15, -0.1) is 0 Å². The van der Waals surface area contributed by atoms with Crippen molar-refractivity contribution >= 4 is 11.9 Å². The van der Waals surface area contributed by atoms with Crippen molar-refractivity contribution in [3.05, 3.63) is 69.6 Å². The van der Waals surface area contributed by atoms with Crippen molar-refractivity contribution in [2.45, 2.75) is 32.5 Å². The Morgan fingerprint density at radius 3 is 2.48 bits per heavy atom. The molecule has 0 saturated heterocycles. The summed E-state index contributed by atoms with van der Waals surface area (Å²) in [4.78, 5) is 35.3. The number of carbonyl (C=O) groups excluding carboxylic acids is 2. The summed E-state index contributed by atoms with van der Waals surface area (Å²) in [6.07, 6.45) is -2.88. The number of aryl methyl sites for hydroxylation is 2. The molecule has 0 unspecified atom stereocenters. The van der Waals surface area contributed by atoms with Gasteiger partial charge in [0.05, 0.1) is 6.54 Å². The number of amides is 1. The molecular weight excluding hydrogens is 389 g/mol. The molecule has 6 nitrogen and oxygen atoms in total. The van der Waals surface area contributed by atoms with E-state index in [-0.39, 0.29) is 25.5 Å². The van der Waals surface area contributed by atoms with Gasteiger partial charge in [0, 0.05) is 12.6 Å². The molecule has 0 fully saturated rings. The van der Waals surface area contributed by atoms with Crippen LogP contribution in [0.3, 0.4) is 0 Å². The minimum absolute atomic E-state index is 0.0654. The number of esters is 1. The summed E-state index contributed by atoms with van der Waals surface area (Å²) in [5.41, 5.74) is -0.508. The Labute approximate surface area is 165 Å². The normalized spacial score (nSPS) is 11.2. The van der Waals surface area contributed by atoms with Crippen molar-refractivity contribution in [2.24, 2.45) is 0 Å². The van der Waals surface area contributed by atoms with Crippen LogP contribution in [-0.2, 0) is 33.5 Å². The van der Waals surface area contributed by atoms with Gasteiger partial charge >= 0.3 is 12.1 Å². The minimum Gasteiger partial charge on any atom is -0.462 e. The number of nitrogens with one attached hydrogen (secondary N) is 1. The lowest BCUT2D eigenvalue weighted by molar-refractivity contribution is -0.145. The molecule has 1 amide bonds. The van der Waals surface area contributed by atoms with Crippen LogP contribution in [0.2, 0.25) is 0 Å². The molecule has 1 N–H and O–H groups in total. The molecule has 0 atom stereocenters. The van der Waals surface area contributed by atoms with Crippen LogP contribution in [0.15, 0.2) is 47.4 Å². The lowest BCUT2D eigenvalue weighted by Crippen LogP contribution is -2.32. The Kier molecular flexibility index (Phi) is 7.58. The zero-order valence-electron chi connectivity index (χ0n) is 15.8. The summed E-state index contributed by atoms with van der Waals surface area (Å²) in [6.45, 7) is 1.24. The van der Waals surface area contributed by atoms with Crippen LogP contribution in [0.4, 0.5) is 13.2 Å². The smallest absolute Gasteiger partial charge is 0.421 e. The number of nitrogens with zero attached hydrogens (tertiary/aromatic N) is 1. The van der Waals surface area contributed by atoms with Gasteiger partial charge < -0.3 is 14.6 Å². The molecule has 0 aliphatic heterocycles. The van der Waals surface area contributed by atoms with Crippen molar-refractivity contribution < 1.29 is 27.5 Å². The van der Waals surface area contributed by atoms with Crippen LogP contribution in [0.25, 0.3) is 0 Å². The Morgan fingerprint density at radius 1 is 1.14 bits per heavy atom. The summed E-state index contributed by atoms with van der Waals surface area (Å²) in [5.74, 6) is -1.09. The predicted octanol–water partition coefficient (Wildman–Crippen LogP) is 2.47. The van der Waals surface area contributed by atoms with Crippen molar-refractivity contribution in [1.82, 2.24) is 9.88 Å². The van der Waals surface area contributed by atoms with Crippen molar-refractivity contribution in [2.75, 3.05) is 13.2 Å². The molecule has 9 heteroatoms. The van der Waals surface area contributed by atoms with E-state index in [1.54, 1.807) is 0 Å². The number of pyridine rings is 1. The third kappa shape index (κ3) is 7.10. The number of benzene rings is 1. The Bertz CT molecular complexity index is 905. The van der Waals surface area contributed by atoms with Gasteiger partial charge in [-0.1, -0.05) is 29.8 Å². The first-order valence-electron chi connectivity index (χ1n) is 8.91. The Morgan fingerprint density at radius 2 is 1.83 bits per heavy atom. The van der Waals surface area contributed by atoms with Gasteiger partial charge in [-0.2, -0.15) is 13.2 Å². The minimum atomic E-state index is -4.80. The highest BCUT2D eigenvalue weighted by Crippen LogP contribution is 2.25. The lowest BCUT2D eigenvalue weighted by atomic mass is 10.1. The van der Waals surface area contributed by atoms with Crippen molar-refractivity contribution in [3.8, 4) is 0 Å². The molecule has 1 heterocycles. The van der Waals surface area contributed by atoms with E-state index in [9.17, 15) is 27.6 Å². The molecule has 0 aliphatic rings. The molecule has 0 aliphatic carbocycles. The first kappa shape index (κ1) is 22.2. The van der Waals surface area contributed by atoms with E-state index in [0.717, 1.165) is 23.4 Å². The molecule has 0 spiro atoms. The maximum Gasteiger partial charge on any atom is 0.421 e. The summed E-state index contributed by atoms with van der Waals surface area (Å²) >= 11 is 0. The van der Waals surface area contributed by atoms with E-state index in [1.165, 1.54) is 0 Å². The topological polar surface area (TPSA) is 77.4 Å². The highest BCUT2D eigenvalue weighted by molar-refractivity contribution is 5.76. The highest BCUT2D eigenvalue weighted by Gasteiger charge is 2.34. The number of halogens is 3. The maximum absolute atomic E-state index is 12.7. The summed E-state index contributed by atoms with van der Waals surface area (Å²) in [5, 5.41) is 2.59. The molecule has 29 heavy (non-hydrogen) atoms. The molecule has 0 bridgehead atoms. The third-order valence-electron chi connectivity index (χ3n) is 4.07. The van der Waals surface area contributed by atoms with Crippen molar-refractivity contribution in [1.29, 1.82) is 0 Å². The Balaban J connectivity index is 1.71. The molecule has 156 valence electrons. The van der Waals surface area contributed by atoms with Gasteiger partial charge in [0.2, 0.25) is 5.91 Å². The van der Waals surface area contributed by atoms with E-state index < -0.39 is 29.8 Å². The van der Waals surface area contributed by atoms with Gasteiger partial charge in [0.15, 0.2) is 0 Å². The number of hydrogen-bond donors (Lipinski definition) is 1. The van der Waals surface area contributed by atoms with Gasteiger partial charge in [-0.3, -0.25) is 14.4 Å². The fourth-order valence-electron chi connectivity index (χ4n) is 2.52. The van der Waals surface area contributed by atoms with Crippen LogP contribution in [-0.4, -0.2) is 29.6 Å². The van der Waals surface area contributed by atoms with E-state index in [2.05, 4.69) is 5.32 Å². The van der Waals surface area contributed by atoms with E-state index in [4.69, 9.17) is 4.74 Å². The molecule has 2 rings (SSSR count). The van der Waals surface area contributed by atoms with Gasteiger partial charge in [-0.05, 0) is 31.0 Å². The third-order valence-corrected chi connectivity index (χ3v) is 4.07. The highest BCUT2D eigenvalue weighted by atomic mass is 19.4. The Hall–Kier alpha value is -3.10. The second-order valence-electron chi connectivity index (χ2n) is 6.41. The zero-order valence-corrected chi connectivity index (χ0v) is 15.8. The first-order chi connectivity index (χ1) is 13.7. The van der Waals surface area contributed by atoms with Gasteiger partial charge in [0.25, 0.3) is 5.56 Å². The molecule has 1 aromatic heterocycles. The number of aromatic nitrogens is 1. The van der Waals surface area contributed by atoms with Crippen LogP contribution < -0.4 is 10.9 Å². The fourth-order valence-corrected chi connectivity index (χ4v) is 2.52. The van der Waals surface area contributed by atoms with Crippen LogP contribution >= 0.6 is 0 Å². The van der Waals surface area contributed by atoms with Crippen LogP contribution in [0.5, 0.6) is 0 Å². The quantitative estimate of drug-likeness (QED) is 0.536. The van der Waals surface area contributed by atoms with Gasteiger partial charge in [0.1, 0.15) is 18.7 Å². The molecule has 1 aromatic carbocycles. The second kappa shape index (κ2) is 9.90. The van der Waals surface area contributed by atoms with E-state index in [1.807, 2.05) is 31.2 Å². The summed E-state index contributed by atoms with van der Waals surface area (Å²) in [6, 6.07) is 9.49. The zero-order chi connectivity index (χ0) is 21.4. The lowest BCUT2D eigenvalue weighted by Gasteiger charge is -2.10. The number of carbonyl (C=O) groups is 2. The van der Waals surface area contributed by atoms with E-state index >= 15 is 0 Å². The fraction of sp³-hybridized carbons (Fsp3) is 0.350. The van der Waals surface area contributed by atoms with Gasteiger partial charge in [-0.25, -0.2) is 0 Å². The van der Waals surface area contributed by atoms with Crippen molar-refractivity contribution in [3.63, 3.8) is 0 Å². The molecule has 0 radical (unpaired) electrons. The summed E-state index contributed by atoms with van der Waals surface area (Å²) < 4.78 is 43.6. The molecule has 0 saturated carbocycles. The molecule has 2 aromatic rings. The number of hydrogen-bond acceptors (Lipinski definition) is 4. The second-order valence-corrected chi connectivity index (χ2v) is 6.41. The summed E-state index contributed by atoms with van der Waals surface area (Å²) in [7, 11) is 0. The first-order valence-corrected chi connectivity index (χ1v) is 8.91. The monoisotopic (exact) mass is 410 g/mol. The number of rotatable bonds is 8. The predicted molar refractivity (Wildman–Crippen MR) is 99.2 cm³/mol. The standard InChI is InChI=1S/C20H21F3N2O4/c1-14-4-6-15(7-5-14)8-9-17(26)24-10-12-29-18(27)13-25-11-2-3-16(19(25)28)20(21,22)23/h2-7,11H,8-10,12-13H2,1H3,(H,24,26).